The Morgan fingerprint density at radius 3 is 2.60 bits per heavy atom. The molecule has 3 aliphatic heterocycles. The fourth-order valence-electron chi connectivity index (χ4n) is 7.75. The van der Waals surface area contributed by atoms with Crippen LogP contribution in [0.3, 0.4) is 0 Å². The molecule has 3 heterocycles. The van der Waals surface area contributed by atoms with Crippen LogP contribution in [0.4, 0.5) is 0 Å². The number of rotatable bonds is 13. The molecule has 2 amide bonds. The van der Waals surface area contributed by atoms with Crippen molar-refractivity contribution in [2.24, 2.45) is 11.8 Å². The van der Waals surface area contributed by atoms with Gasteiger partial charge in [0.05, 0.1) is 35.8 Å². The Hall–Kier alpha value is -2.10. The first-order valence-corrected chi connectivity index (χ1v) is 17.1. The summed E-state index contributed by atoms with van der Waals surface area (Å²) >= 11 is 5.45. The van der Waals surface area contributed by atoms with Crippen LogP contribution >= 0.6 is 27.7 Å². The van der Waals surface area contributed by atoms with Crippen molar-refractivity contribution in [1.29, 1.82) is 0 Å². The second-order valence-corrected chi connectivity index (χ2v) is 14.8. The van der Waals surface area contributed by atoms with Gasteiger partial charge < -0.3 is 19.6 Å². The van der Waals surface area contributed by atoms with E-state index < -0.39 is 28.7 Å². The van der Waals surface area contributed by atoms with Gasteiger partial charge in [-0.25, -0.2) is 0 Å². The maximum atomic E-state index is 14.9. The molecule has 42 heavy (non-hydrogen) atoms. The summed E-state index contributed by atoms with van der Waals surface area (Å²) in [5, 5.41) is 10.6. The molecular weight excluding hydrogens is 616 g/mol. The molecule has 1 aliphatic carbocycles. The summed E-state index contributed by atoms with van der Waals surface area (Å²) in [4.78, 5) is 46.7. The van der Waals surface area contributed by atoms with Crippen molar-refractivity contribution in [2.75, 3.05) is 19.8 Å². The molecule has 3 saturated heterocycles. The second kappa shape index (κ2) is 13.7. The fourth-order valence-corrected chi connectivity index (χ4v) is 11.3. The number of hydrogen-bond donors (Lipinski definition) is 1. The Morgan fingerprint density at radius 1 is 1.19 bits per heavy atom. The molecule has 7 atom stereocenters. The number of aliphatic hydroxyl groups excluding tert-OH is 1. The van der Waals surface area contributed by atoms with Crippen LogP contribution in [0.1, 0.15) is 56.9 Å². The molecule has 4 aliphatic rings. The number of aliphatic hydroxyl groups is 1. The summed E-state index contributed by atoms with van der Waals surface area (Å²) < 4.78 is 4.95. The van der Waals surface area contributed by atoms with Crippen LogP contribution in [0, 0.1) is 11.8 Å². The van der Waals surface area contributed by atoms with E-state index in [0.29, 0.717) is 25.8 Å². The molecule has 228 valence electrons. The first-order valence-electron chi connectivity index (χ1n) is 15.4. The van der Waals surface area contributed by atoms with Crippen molar-refractivity contribution < 1.29 is 24.2 Å². The van der Waals surface area contributed by atoms with Crippen LogP contribution in [0.5, 0.6) is 0 Å². The topological polar surface area (TPSA) is 87.1 Å². The van der Waals surface area contributed by atoms with E-state index in [-0.39, 0.29) is 47.1 Å². The fraction of sp³-hybridized carbons (Fsp3) is 0.606. The normalized spacial score (nSPS) is 31.0. The van der Waals surface area contributed by atoms with Crippen LogP contribution in [-0.4, -0.2) is 85.4 Å². The predicted octanol–water partition coefficient (Wildman–Crippen LogP) is 4.91. The number of nitrogens with zero attached hydrogens (tertiary/aromatic N) is 2. The van der Waals surface area contributed by atoms with E-state index in [2.05, 4.69) is 29.1 Å². The van der Waals surface area contributed by atoms with E-state index in [9.17, 15) is 19.5 Å². The predicted molar refractivity (Wildman–Crippen MR) is 169 cm³/mol. The van der Waals surface area contributed by atoms with Gasteiger partial charge in [0.2, 0.25) is 11.8 Å². The zero-order valence-electron chi connectivity index (χ0n) is 24.2. The summed E-state index contributed by atoms with van der Waals surface area (Å²) in [6, 6.07) is 8.47. The van der Waals surface area contributed by atoms with E-state index in [1.807, 2.05) is 35.2 Å². The van der Waals surface area contributed by atoms with Crippen LogP contribution in [0.15, 0.2) is 55.6 Å². The largest absolute Gasteiger partial charge is 0.465 e. The smallest absolute Gasteiger partial charge is 0.310 e. The molecule has 9 heteroatoms. The highest BCUT2D eigenvalue weighted by Gasteiger charge is 2.76. The van der Waals surface area contributed by atoms with Gasteiger partial charge in [-0.3, -0.25) is 14.4 Å². The Morgan fingerprint density at radius 2 is 1.93 bits per heavy atom. The Bertz CT molecular complexity index is 1160. The molecule has 0 radical (unpaired) electrons. The number of ether oxygens (including phenoxy) is 1. The Kier molecular flexibility index (Phi) is 10.2. The van der Waals surface area contributed by atoms with Gasteiger partial charge in [-0.2, -0.15) is 0 Å². The lowest BCUT2D eigenvalue weighted by Crippen LogP contribution is -2.59. The minimum atomic E-state index is -0.786. The molecule has 0 aromatic heterocycles. The van der Waals surface area contributed by atoms with Crippen molar-refractivity contribution in [3.63, 3.8) is 0 Å². The molecule has 4 fully saturated rings. The van der Waals surface area contributed by atoms with Crippen LogP contribution < -0.4 is 0 Å². The van der Waals surface area contributed by atoms with E-state index in [4.69, 9.17) is 4.74 Å². The summed E-state index contributed by atoms with van der Waals surface area (Å²) in [6.07, 6.45) is 11.2. The van der Waals surface area contributed by atoms with E-state index >= 15 is 0 Å². The van der Waals surface area contributed by atoms with E-state index in [1.54, 1.807) is 28.8 Å². The zero-order chi connectivity index (χ0) is 29.9. The maximum Gasteiger partial charge on any atom is 0.310 e. The van der Waals surface area contributed by atoms with Crippen LogP contribution in [0.25, 0.3) is 0 Å². The maximum absolute atomic E-state index is 14.9. The molecule has 2 bridgehead atoms. The van der Waals surface area contributed by atoms with Crippen LogP contribution in [-0.2, 0) is 25.5 Å². The summed E-state index contributed by atoms with van der Waals surface area (Å²) in [7, 11) is 0. The number of alkyl halides is 1. The highest BCUT2D eigenvalue weighted by Crippen LogP contribution is 2.68. The SMILES string of the molecule is C=CCCCOC(=O)[C@H]1[C@H]2C(=O)N([C@@H](CO)Cc3ccccc3)C(C(=O)N(CC=C)C3CCCCC3)C23CC(Br)[C@@H]1S3. The number of carbonyl (C=O) groups is 3. The molecular formula is C33H43BrN2O5S. The number of allylic oxidation sites excluding steroid dienone is 1. The van der Waals surface area contributed by atoms with Crippen molar-refractivity contribution >= 4 is 45.5 Å². The quantitative estimate of drug-likeness (QED) is 0.140. The molecule has 1 N–H and O–H groups in total. The molecule has 1 aromatic rings. The highest BCUT2D eigenvalue weighted by atomic mass is 79.9. The number of unbranched alkanes of at least 4 members (excludes halogenated alkanes) is 1. The third-order valence-corrected chi connectivity index (χ3v) is 12.8. The van der Waals surface area contributed by atoms with Gasteiger partial charge in [0.25, 0.3) is 0 Å². The number of amides is 2. The average molecular weight is 660 g/mol. The molecule has 5 rings (SSSR count). The summed E-state index contributed by atoms with van der Waals surface area (Å²) in [5.74, 6) is -2.00. The van der Waals surface area contributed by atoms with Gasteiger partial charge in [-0.1, -0.05) is 77.7 Å². The number of likely N-dealkylation sites (tertiary alicyclic amines) is 1. The van der Waals surface area contributed by atoms with Gasteiger partial charge in [-0.15, -0.1) is 24.9 Å². The standard InChI is InChI=1S/C33H43BrN2O5S/c1-3-5-12-18-41-32(40)26-27-30(38)36(24(21-37)19-22-13-8-6-9-14-22)29(33(27)20-25(34)28(26)42-33)31(39)35(17-4-2)23-15-10-7-11-16-23/h3-4,6,8-9,13-14,23-29,37H,1-2,5,7,10-12,15-21H2/t24-,25?,26+,27+,28+,29?,33?/m1/s1. The first-order chi connectivity index (χ1) is 20.4. The van der Waals surface area contributed by atoms with Crippen LogP contribution in [0.2, 0.25) is 0 Å². The number of carbonyl (C=O) groups excluding carboxylic acids is 3. The van der Waals surface area contributed by atoms with Gasteiger partial charge in [-0.05, 0) is 44.1 Å². The van der Waals surface area contributed by atoms with E-state index in [0.717, 1.165) is 44.1 Å². The monoisotopic (exact) mass is 658 g/mol. The minimum absolute atomic E-state index is 0.0308. The average Bonchev–Trinajstić information content (AvgIpc) is 3.60. The second-order valence-electron chi connectivity index (χ2n) is 12.1. The number of halogens is 1. The van der Waals surface area contributed by atoms with Crippen molar-refractivity contribution in [3.05, 3.63) is 61.2 Å². The molecule has 1 spiro atoms. The number of benzene rings is 1. The molecule has 7 nitrogen and oxygen atoms in total. The van der Waals surface area contributed by atoms with Crippen molar-refractivity contribution in [1.82, 2.24) is 9.80 Å². The highest BCUT2D eigenvalue weighted by molar-refractivity contribution is 9.09. The molecule has 3 unspecified atom stereocenters. The van der Waals surface area contributed by atoms with Gasteiger partial charge in [0, 0.05) is 22.7 Å². The van der Waals surface area contributed by atoms with Crippen molar-refractivity contribution in [2.45, 2.75) is 90.7 Å². The Labute approximate surface area is 262 Å². The van der Waals surface area contributed by atoms with Gasteiger partial charge in [0.15, 0.2) is 0 Å². The molecule has 1 saturated carbocycles. The zero-order valence-corrected chi connectivity index (χ0v) is 26.6. The number of hydrogen-bond acceptors (Lipinski definition) is 6. The third kappa shape index (κ3) is 5.73. The lowest BCUT2D eigenvalue weighted by atomic mass is 9.71. The number of thioether (sulfide) groups is 1. The third-order valence-electron chi connectivity index (χ3n) is 9.57. The van der Waals surface area contributed by atoms with Gasteiger partial charge in [0.1, 0.15) is 6.04 Å². The van der Waals surface area contributed by atoms with Gasteiger partial charge >= 0.3 is 5.97 Å². The Balaban J connectivity index is 1.54. The van der Waals surface area contributed by atoms with E-state index in [1.165, 1.54) is 0 Å². The summed E-state index contributed by atoms with van der Waals surface area (Å²) in [6.45, 7) is 8.09. The first kappa shape index (κ1) is 31.3. The number of fused-ring (bicyclic) bond motifs is 1. The minimum Gasteiger partial charge on any atom is -0.465 e. The van der Waals surface area contributed by atoms with Crippen molar-refractivity contribution in [3.8, 4) is 0 Å². The number of esters is 1. The lowest BCUT2D eigenvalue weighted by Gasteiger charge is -2.42. The summed E-state index contributed by atoms with van der Waals surface area (Å²) in [5.41, 5.74) is 0.980. The lowest BCUT2D eigenvalue weighted by molar-refractivity contribution is -0.154. The molecule has 1 aromatic carbocycles.